The first-order valence-corrected chi connectivity index (χ1v) is 6.86. The fraction of sp³-hybridized carbons (Fsp3) is 0.222. The second-order valence-electron chi connectivity index (χ2n) is 5.29. The van der Waals surface area contributed by atoms with E-state index in [4.69, 9.17) is 0 Å². The Labute approximate surface area is 134 Å². The molecule has 0 saturated heterocycles. The predicted octanol–water partition coefficient (Wildman–Crippen LogP) is 1.50. The molecule has 0 heterocycles. The maximum absolute atomic E-state index is 2.35. The van der Waals surface area contributed by atoms with E-state index >= 15 is 0 Å². The number of hydrogen-bond acceptors (Lipinski definition) is 0. The predicted molar refractivity (Wildman–Crippen MR) is 83.9 cm³/mol. The summed E-state index contributed by atoms with van der Waals surface area (Å²) in [5.74, 6) is 0. The standard InChI is InChI=1S/C18H16.B.Li/c1-3-7-15-13(5-1)9-11-18-16-8-4-2-6-14(16)10-12-17(15)18;;/h1,3,5,7,9-12H,2,4,6,8H2;;/q;-1;+1. The van der Waals surface area contributed by atoms with Crippen molar-refractivity contribution in [3.05, 3.63) is 59.7 Å². The van der Waals surface area contributed by atoms with Crippen molar-refractivity contribution in [3.8, 4) is 0 Å². The van der Waals surface area contributed by atoms with Crippen LogP contribution in [0.25, 0.3) is 21.5 Å². The van der Waals surface area contributed by atoms with Crippen molar-refractivity contribution in [1.82, 2.24) is 0 Å². The molecule has 0 amide bonds. The van der Waals surface area contributed by atoms with Crippen molar-refractivity contribution in [2.24, 2.45) is 0 Å². The molecule has 0 unspecified atom stereocenters. The summed E-state index contributed by atoms with van der Waals surface area (Å²) in [6.45, 7) is 0. The van der Waals surface area contributed by atoms with E-state index in [-0.39, 0.29) is 27.3 Å². The molecule has 2 heteroatoms. The Morgan fingerprint density at radius 1 is 0.650 bits per heavy atom. The van der Waals surface area contributed by atoms with Crippen LogP contribution in [-0.4, -0.2) is 8.41 Å². The van der Waals surface area contributed by atoms with Crippen LogP contribution in [0.3, 0.4) is 0 Å². The third-order valence-electron chi connectivity index (χ3n) is 4.26. The molecule has 4 rings (SSSR count). The van der Waals surface area contributed by atoms with Gasteiger partial charge in [-0.25, -0.2) is 0 Å². The van der Waals surface area contributed by atoms with Gasteiger partial charge in [-0.1, -0.05) is 48.5 Å². The van der Waals surface area contributed by atoms with E-state index in [1.807, 2.05) is 0 Å². The second-order valence-corrected chi connectivity index (χ2v) is 5.29. The minimum absolute atomic E-state index is 0. The Kier molecular flexibility index (Phi) is 4.63. The van der Waals surface area contributed by atoms with Gasteiger partial charge >= 0.3 is 18.9 Å². The minimum Gasteiger partial charge on any atom is -1.00 e. The fourth-order valence-electron chi connectivity index (χ4n) is 3.34. The van der Waals surface area contributed by atoms with Crippen LogP contribution in [0.2, 0.25) is 0 Å². The maximum Gasteiger partial charge on any atom is 1.00 e. The molecule has 0 N–H and O–H groups in total. The molecule has 1 aliphatic rings. The van der Waals surface area contributed by atoms with Crippen molar-refractivity contribution in [2.45, 2.75) is 25.7 Å². The number of hydrogen-bond donors (Lipinski definition) is 0. The molecule has 3 aromatic carbocycles. The SMILES string of the molecule is [B-].[Li+].c1ccc2c(c1)ccc1c3c(ccc12)CCCC3. The first kappa shape index (κ1) is 15.2. The van der Waals surface area contributed by atoms with E-state index in [1.165, 1.54) is 47.2 Å². The molecule has 0 aromatic heterocycles. The van der Waals surface area contributed by atoms with E-state index in [0.717, 1.165) is 0 Å². The van der Waals surface area contributed by atoms with Crippen molar-refractivity contribution in [2.75, 3.05) is 0 Å². The van der Waals surface area contributed by atoms with Gasteiger partial charge in [0.1, 0.15) is 0 Å². The van der Waals surface area contributed by atoms with Gasteiger partial charge in [0, 0.05) is 0 Å². The Hall–Kier alpha value is -1.16. The number of rotatable bonds is 0. The van der Waals surface area contributed by atoms with Gasteiger partial charge in [0.25, 0.3) is 0 Å². The minimum atomic E-state index is 0. The summed E-state index contributed by atoms with van der Waals surface area (Å²) in [6.07, 6.45) is 5.22. The summed E-state index contributed by atoms with van der Waals surface area (Å²) < 4.78 is 0. The third-order valence-corrected chi connectivity index (χ3v) is 4.26. The van der Waals surface area contributed by atoms with E-state index in [2.05, 4.69) is 48.5 Å². The van der Waals surface area contributed by atoms with Crippen LogP contribution in [0.1, 0.15) is 24.0 Å². The number of aryl methyl sites for hydroxylation is 2. The summed E-state index contributed by atoms with van der Waals surface area (Å²) in [6, 6.07) is 18.0. The normalized spacial score (nSPS) is 13.4. The van der Waals surface area contributed by atoms with Gasteiger partial charge in [0.05, 0.1) is 0 Å². The van der Waals surface area contributed by atoms with Crippen molar-refractivity contribution >= 4 is 30.0 Å². The van der Waals surface area contributed by atoms with E-state index < -0.39 is 0 Å². The molecule has 0 fully saturated rings. The molecule has 0 aliphatic heterocycles. The van der Waals surface area contributed by atoms with E-state index in [0.29, 0.717) is 0 Å². The zero-order chi connectivity index (χ0) is 11.9. The van der Waals surface area contributed by atoms with E-state index in [9.17, 15) is 0 Å². The monoisotopic (exact) mass is 250 g/mol. The van der Waals surface area contributed by atoms with Gasteiger partial charge in [-0.05, 0) is 58.4 Å². The first-order valence-electron chi connectivity index (χ1n) is 6.86. The second kappa shape index (κ2) is 6.08. The summed E-state index contributed by atoms with van der Waals surface area (Å²) in [7, 11) is 0. The molecule has 20 heavy (non-hydrogen) atoms. The summed E-state index contributed by atoms with van der Waals surface area (Å²) in [5, 5.41) is 5.64. The molecule has 0 atom stereocenters. The Bertz CT molecular complexity index is 749. The summed E-state index contributed by atoms with van der Waals surface area (Å²) in [4.78, 5) is 0. The van der Waals surface area contributed by atoms with Crippen LogP contribution in [0.4, 0.5) is 0 Å². The van der Waals surface area contributed by atoms with Crippen LogP contribution in [0, 0.1) is 0 Å². The molecular formula is C18H16BLi. The molecule has 0 spiro atoms. The van der Waals surface area contributed by atoms with Crippen LogP contribution < -0.4 is 18.9 Å². The molecule has 92 valence electrons. The maximum atomic E-state index is 2.35. The smallest absolute Gasteiger partial charge is 1.00 e. The van der Waals surface area contributed by atoms with Crippen molar-refractivity contribution in [1.29, 1.82) is 0 Å². The van der Waals surface area contributed by atoms with Crippen LogP contribution in [-0.2, 0) is 12.8 Å². The molecule has 0 bridgehead atoms. The van der Waals surface area contributed by atoms with Gasteiger partial charge in [-0.15, -0.1) is 0 Å². The van der Waals surface area contributed by atoms with Crippen molar-refractivity contribution < 1.29 is 18.9 Å². The van der Waals surface area contributed by atoms with Crippen LogP contribution >= 0.6 is 0 Å². The first-order chi connectivity index (χ1) is 8.93. The molecule has 4 radical (unpaired) electrons. The average Bonchev–Trinajstić information content (AvgIpc) is 2.46. The van der Waals surface area contributed by atoms with E-state index in [1.54, 1.807) is 11.1 Å². The molecule has 0 nitrogen and oxygen atoms in total. The van der Waals surface area contributed by atoms with Crippen molar-refractivity contribution in [3.63, 3.8) is 0 Å². The van der Waals surface area contributed by atoms with Gasteiger partial charge in [0.2, 0.25) is 0 Å². The van der Waals surface area contributed by atoms with Crippen LogP contribution in [0.5, 0.6) is 0 Å². The number of benzene rings is 3. The third kappa shape index (κ3) is 2.30. The Morgan fingerprint density at radius 2 is 1.40 bits per heavy atom. The summed E-state index contributed by atoms with van der Waals surface area (Å²) in [5.41, 5.74) is 3.17. The molecule has 3 aromatic rings. The fourth-order valence-corrected chi connectivity index (χ4v) is 3.34. The zero-order valence-electron chi connectivity index (χ0n) is 12.0. The van der Waals surface area contributed by atoms with Gasteiger partial charge in [-0.3, -0.25) is 0 Å². The van der Waals surface area contributed by atoms with Crippen LogP contribution in [0.15, 0.2) is 48.5 Å². The summed E-state index contributed by atoms with van der Waals surface area (Å²) >= 11 is 0. The van der Waals surface area contributed by atoms with Gasteiger partial charge in [0.15, 0.2) is 0 Å². The Morgan fingerprint density at radius 3 is 2.30 bits per heavy atom. The molecule has 0 saturated carbocycles. The quantitative estimate of drug-likeness (QED) is 0.419. The largest absolute Gasteiger partial charge is 1.00 e. The Balaban J connectivity index is 0.000000735. The average molecular weight is 250 g/mol. The van der Waals surface area contributed by atoms with Gasteiger partial charge in [-0.2, -0.15) is 0 Å². The number of fused-ring (bicyclic) bond motifs is 5. The molecular weight excluding hydrogens is 234 g/mol. The molecule has 1 aliphatic carbocycles. The van der Waals surface area contributed by atoms with Gasteiger partial charge < -0.3 is 8.41 Å². The zero-order valence-corrected chi connectivity index (χ0v) is 12.0. The topological polar surface area (TPSA) is 0 Å².